The molecule has 104 valence electrons. The number of hydrogen-bond acceptors (Lipinski definition) is 4. The number of hydrogen-bond donors (Lipinski definition) is 1. The third kappa shape index (κ3) is 1.84. The fourth-order valence-electron chi connectivity index (χ4n) is 2.30. The van der Waals surface area contributed by atoms with E-state index in [-0.39, 0.29) is 16.4 Å². The fourth-order valence-corrected chi connectivity index (χ4v) is 2.55. The number of aliphatic carboxylic acids is 1. The second-order valence-corrected chi connectivity index (χ2v) is 5.29. The lowest BCUT2D eigenvalue weighted by Gasteiger charge is -2.02. The van der Waals surface area contributed by atoms with Crippen molar-refractivity contribution in [2.45, 2.75) is 6.42 Å². The maximum atomic E-state index is 12.2. The molecule has 2 aromatic rings. The van der Waals surface area contributed by atoms with E-state index in [1.807, 2.05) is 0 Å². The molecule has 1 aromatic heterocycles. The van der Waals surface area contributed by atoms with E-state index in [0.29, 0.717) is 17.5 Å². The Morgan fingerprint density at radius 2 is 2.10 bits per heavy atom. The number of carbonyl (C=O) groups is 2. The van der Waals surface area contributed by atoms with Crippen LogP contribution in [0.1, 0.15) is 16.8 Å². The van der Waals surface area contributed by atoms with Crippen LogP contribution in [0.25, 0.3) is 11.1 Å². The maximum absolute atomic E-state index is 12.2. The predicted octanol–water partition coefficient (Wildman–Crippen LogP) is 1.69. The Bertz CT molecular complexity index is 803. The molecule has 1 N–H and O–H groups in total. The molecule has 0 unspecified atom stereocenters. The molecule has 0 aliphatic heterocycles. The number of aromatic nitrogens is 1. The summed E-state index contributed by atoms with van der Waals surface area (Å²) in [5, 5.41) is 9.02. The minimum atomic E-state index is -0.966. The maximum Gasteiger partial charge on any atom is 0.419 e. The van der Waals surface area contributed by atoms with Gasteiger partial charge in [-0.3, -0.25) is 14.2 Å². The molecule has 6 nitrogen and oxygen atoms in total. The van der Waals surface area contributed by atoms with Crippen LogP contribution >= 0.6 is 11.6 Å². The highest BCUT2D eigenvalue weighted by Crippen LogP contribution is 2.41. The van der Waals surface area contributed by atoms with Gasteiger partial charge in [0, 0.05) is 18.5 Å². The molecule has 1 heterocycles. The van der Waals surface area contributed by atoms with Crippen LogP contribution in [-0.4, -0.2) is 21.4 Å². The van der Waals surface area contributed by atoms with Crippen molar-refractivity contribution in [1.82, 2.24) is 4.57 Å². The summed E-state index contributed by atoms with van der Waals surface area (Å²) in [7, 11) is 1.51. The van der Waals surface area contributed by atoms with E-state index >= 15 is 0 Å². The van der Waals surface area contributed by atoms with Crippen LogP contribution < -0.4 is 5.76 Å². The van der Waals surface area contributed by atoms with Gasteiger partial charge in [0.2, 0.25) is 0 Å². The van der Waals surface area contributed by atoms with Crippen LogP contribution in [0.15, 0.2) is 21.3 Å². The quantitative estimate of drug-likeness (QED) is 0.870. The summed E-state index contributed by atoms with van der Waals surface area (Å²) >= 11 is 6.00. The van der Waals surface area contributed by atoms with Gasteiger partial charge in [0.25, 0.3) is 0 Å². The number of halogens is 1. The van der Waals surface area contributed by atoms with Crippen LogP contribution in [0.4, 0.5) is 0 Å². The van der Waals surface area contributed by atoms with E-state index < -0.39 is 23.6 Å². The van der Waals surface area contributed by atoms with Gasteiger partial charge >= 0.3 is 11.7 Å². The number of carboxylic acid groups (broad SMARTS) is 1. The second kappa shape index (κ2) is 4.21. The fraction of sp³-hybridized carbons (Fsp3) is 0.308. The second-order valence-electron chi connectivity index (χ2n) is 4.88. The molecule has 0 bridgehead atoms. The molecule has 2 atom stereocenters. The Kier molecular flexibility index (Phi) is 2.72. The van der Waals surface area contributed by atoms with Gasteiger partial charge in [-0.05, 0) is 18.6 Å². The molecule has 0 saturated heterocycles. The number of benzene rings is 1. The van der Waals surface area contributed by atoms with Crippen molar-refractivity contribution < 1.29 is 19.1 Å². The van der Waals surface area contributed by atoms with Gasteiger partial charge in [-0.25, -0.2) is 4.79 Å². The Hall–Kier alpha value is -2.08. The number of carboxylic acids is 1. The van der Waals surface area contributed by atoms with E-state index in [1.165, 1.54) is 23.7 Å². The summed E-state index contributed by atoms with van der Waals surface area (Å²) in [5.41, 5.74) is 0.937. The molecular weight excluding hydrogens is 286 g/mol. The van der Waals surface area contributed by atoms with Crippen LogP contribution in [0.3, 0.4) is 0 Å². The zero-order chi connectivity index (χ0) is 14.6. The lowest BCUT2D eigenvalue weighted by atomic mass is 10.1. The van der Waals surface area contributed by atoms with E-state index in [2.05, 4.69) is 0 Å². The zero-order valence-corrected chi connectivity index (χ0v) is 11.2. The molecule has 7 heteroatoms. The number of carbonyl (C=O) groups excluding carboxylic acids is 1. The Morgan fingerprint density at radius 1 is 1.40 bits per heavy atom. The summed E-state index contributed by atoms with van der Waals surface area (Å²) in [4.78, 5) is 34.4. The summed E-state index contributed by atoms with van der Waals surface area (Å²) in [5.74, 6) is -2.93. The average Bonchev–Trinajstić information content (AvgIpc) is 3.14. The van der Waals surface area contributed by atoms with Crippen LogP contribution in [0.2, 0.25) is 5.02 Å². The third-order valence-electron chi connectivity index (χ3n) is 3.58. The van der Waals surface area contributed by atoms with Crippen molar-refractivity contribution in [2.24, 2.45) is 18.9 Å². The standard InChI is InChI=1S/C13H10ClNO5/c1-15-9-3-5(2-8(14)11(9)20-13(15)19)10(16)6-4-7(6)12(17)18/h2-3,6-7H,4H2,1H3,(H,17,18)/t6-,7-/m0/s1. The van der Waals surface area contributed by atoms with Gasteiger partial charge in [-0.2, -0.15) is 0 Å². The molecule has 0 radical (unpaired) electrons. The van der Waals surface area contributed by atoms with Gasteiger partial charge in [0.05, 0.1) is 16.5 Å². The van der Waals surface area contributed by atoms with Crippen LogP contribution in [0, 0.1) is 11.8 Å². The van der Waals surface area contributed by atoms with Gasteiger partial charge in [-0.15, -0.1) is 0 Å². The highest BCUT2D eigenvalue weighted by Gasteiger charge is 2.48. The average molecular weight is 296 g/mol. The van der Waals surface area contributed by atoms with Crippen molar-refractivity contribution in [3.63, 3.8) is 0 Å². The first-order valence-electron chi connectivity index (χ1n) is 5.96. The van der Waals surface area contributed by atoms with Crippen LogP contribution in [0.5, 0.6) is 0 Å². The van der Waals surface area contributed by atoms with Gasteiger partial charge < -0.3 is 9.52 Å². The number of Topliss-reactive ketones (excluding diaryl/α,β-unsaturated/α-hetero) is 1. The molecule has 1 saturated carbocycles. The summed E-state index contributed by atoms with van der Waals surface area (Å²) in [6, 6.07) is 2.91. The van der Waals surface area contributed by atoms with Gasteiger partial charge in [-0.1, -0.05) is 11.6 Å². The molecule has 1 aliphatic carbocycles. The number of aryl methyl sites for hydroxylation is 1. The molecule has 1 aliphatic rings. The minimum Gasteiger partial charge on any atom is -0.481 e. The number of fused-ring (bicyclic) bond motifs is 1. The smallest absolute Gasteiger partial charge is 0.419 e. The lowest BCUT2D eigenvalue weighted by Crippen LogP contribution is -2.10. The monoisotopic (exact) mass is 295 g/mol. The Labute approximate surface area is 117 Å². The zero-order valence-electron chi connectivity index (χ0n) is 10.4. The first-order chi connectivity index (χ1) is 9.40. The number of oxazole rings is 1. The van der Waals surface area contributed by atoms with Gasteiger partial charge in [0.15, 0.2) is 11.4 Å². The van der Waals surface area contributed by atoms with E-state index in [1.54, 1.807) is 0 Å². The van der Waals surface area contributed by atoms with Crippen LogP contribution in [-0.2, 0) is 11.8 Å². The topological polar surface area (TPSA) is 89.5 Å². The van der Waals surface area contributed by atoms with E-state index in [9.17, 15) is 14.4 Å². The predicted molar refractivity (Wildman–Crippen MR) is 70.0 cm³/mol. The SMILES string of the molecule is Cn1c(=O)oc2c(Cl)cc(C(=O)[C@H]3C[C@@H]3C(=O)O)cc21. The third-order valence-corrected chi connectivity index (χ3v) is 3.86. The van der Waals surface area contributed by atoms with Gasteiger partial charge in [0.1, 0.15) is 0 Å². The molecular formula is C13H10ClNO5. The molecule has 3 rings (SSSR count). The summed E-state index contributed by atoms with van der Waals surface area (Å²) in [6.07, 6.45) is 0.341. The van der Waals surface area contributed by atoms with Crippen molar-refractivity contribution in [3.8, 4) is 0 Å². The summed E-state index contributed by atoms with van der Waals surface area (Å²) < 4.78 is 6.22. The summed E-state index contributed by atoms with van der Waals surface area (Å²) in [6.45, 7) is 0. The number of rotatable bonds is 3. The molecule has 1 fully saturated rings. The highest BCUT2D eigenvalue weighted by atomic mass is 35.5. The molecule has 0 amide bonds. The Morgan fingerprint density at radius 3 is 2.70 bits per heavy atom. The molecule has 0 spiro atoms. The molecule has 1 aromatic carbocycles. The first kappa shape index (κ1) is 12.9. The number of ketones is 1. The highest BCUT2D eigenvalue weighted by molar-refractivity contribution is 6.35. The van der Waals surface area contributed by atoms with Crippen molar-refractivity contribution in [2.75, 3.05) is 0 Å². The van der Waals surface area contributed by atoms with E-state index in [4.69, 9.17) is 21.1 Å². The van der Waals surface area contributed by atoms with Crippen molar-refractivity contribution in [3.05, 3.63) is 33.3 Å². The Balaban J connectivity index is 2.05. The minimum absolute atomic E-state index is 0.163. The molecule has 20 heavy (non-hydrogen) atoms. The van der Waals surface area contributed by atoms with E-state index in [0.717, 1.165) is 0 Å². The largest absolute Gasteiger partial charge is 0.481 e. The number of nitrogens with zero attached hydrogens (tertiary/aromatic N) is 1. The normalized spacial score (nSPS) is 21.1. The first-order valence-corrected chi connectivity index (χ1v) is 6.34. The van der Waals surface area contributed by atoms with Crippen molar-refractivity contribution in [1.29, 1.82) is 0 Å². The lowest BCUT2D eigenvalue weighted by molar-refractivity contribution is -0.138. The van der Waals surface area contributed by atoms with Crippen molar-refractivity contribution >= 4 is 34.5 Å².